The summed E-state index contributed by atoms with van der Waals surface area (Å²) in [5, 5.41) is 0.809. The highest BCUT2D eigenvalue weighted by atomic mass is 35.5. The Balaban J connectivity index is 0.00000264. The van der Waals surface area contributed by atoms with E-state index >= 15 is 0 Å². The molecular formula is C14H10Cl4F3NO. The number of hydrogen-bond donors (Lipinski definition) is 1. The third-order valence-electron chi connectivity index (χ3n) is 2.86. The minimum atomic E-state index is -4.75. The largest absolute Gasteiger partial charge is 0.573 e. The Hall–Kier alpha value is -0.850. The third kappa shape index (κ3) is 5.06. The monoisotopic (exact) mass is 405 g/mol. The van der Waals surface area contributed by atoms with Gasteiger partial charge in [-0.15, -0.1) is 25.6 Å². The summed E-state index contributed by atoms with van der Waals surface area (Å²) in [6.07, 6.45) is -4.75. The van der Waals surface area contributed by atoms with E-state index in [1.54, 1.807) is 6.07 Å². The lowest BCUT2D eigenvalue weighted by molar-refractivity contribution is -0.274. The Morgan fingerprint density at radius 3 is 1.96 bits per heavy atom. The summed E-state index contributed by atoms with van der Waals surface area (Å²) in [4.78, 5) is 0. The van der Waals surface area contributed by atoms with Crippen molar-refractivity contribution in [3.63, 3.8) is 0 Å². The van der Waals surface area contributed by atoms with Crippen LogP contribution < -0.4 is 10.5 Å². The molecule has 0 amide bonds. The van der Waals surface area contributed by atoms with Crippen molar-refractivity contribution in [2.75, 3.05) is 0 Å². The van der Waals surface area contributed by atoms with Crippen molar-refractivity contribution >= 4 is 47.2 Å². The standard InChI is InChI=1S/C14H9Cl3F3NO.ClH/c15-9-5-6-10(16)12(17)11(9)13(21)7-1-3-8(4-2-7)22-14(18,19)20;/h1-6,13H,21H2;1H/t13-;/m1./s1. The van der Waals surface area contributed by atoms with Crippen molar-refractivity contribution in [1.82, 2.24) is 0 Å². The second kappa shape index (κ2) is 7.81. The van der Waals surface area contributed by atoms with Crippen LogP contribution in [0, 0.1) is 0 Å². The molecule has 2 nitrogen and oxygen atoms in total. The average Bonchev–Trinajstić information content (AvgIpc) is 2.42. The molecular weight excluding hydrogens is 397 g/mol. The van der Waals surface area contributed by atoms with Gasteiger partial charge in [-0.2, -0.15) is 0 Å². The molecule has 0 saturated heterocycles. The van der Waals surface area contributed by atoms with Crippen molar-refractivity contribution in [1.29, 1.82) is 0 Å². The van der Waals surface area contributed by atoms with Gasteiger partial charge in [0.05, 0.1) is 16.1 Å². The van der Waals surface area contributed by atoms with Crippen molar-refractivity contribution in [3.05, 3.63) is 62.6 Å². The summed E-state index contributed by atoms with van der Waals surface area (Å²) >= 11 is 18.1. The molecule has 0 aliphatic rings. The zero-order valence-electron chi connectivity index (χ0n) is 11.2. The summed E-state index contributed by atoms with van der Waals surface area (Å²) in [6.45, 7) is 0. The summed E-state index contributed by atoms with van der Waals surface area (Å²) in [5.41, 5.74) is 6.99. The highest BCUT2D eigenvalue weighted by Crippen LogP contribution is 2.37. The van der Waals surface area contributed by atoms with E-state index in [4.69, 9.17) is 40.5 Å². The van der Waals surface area contributed by atoms with E-state index in [1.165, 1.54) is 18.2 Å². The fourth-order valence-corrected chi connectivity index (χ4v) is 2.64. The highest BCUT2D eigenvalue weighted by molar-refractivity contribution is 6.44. The molecule has 2 rings (SSSR count). The van der Waals surface area contributed by atoms with Crippen molar-refractivity contribution in [3.8, 4) is 5.75 Å². The molecule has 2 aromatic rings. The van der Waals surface area contributed by atoms with Gasteiger partial charge in [-0.05, 0) is 29.8 Å². The molecule has 0 aromatic heterocycles. The second-order valence-corrected chi connectivity index (χ2v) is 5.54. The van der Waals surface area contributed by atoms with Crippen LogP contribution in [-0.4, -0.2) is 6.36 Å². The van der Waals surface area contributed by atoms with Gasteiger partial charge in [-0.25, -0.2) is 0 Å². The summed E-state index contributed by atoms with van der Waals surface area (Å²) in [6, 6.07) is 7.47. The number of ether oxygens (including phenoxy) is 1. The fraction of sp³-hybridized carbons (Fsp3) is 0.143. The van der Waals surface area contributed by atoms with Gasteiger partial charge >= 0.3 is 6.36 Å². The lowest BCUT2D eigenvalue weighted by Gasteiger charge is -2.17. The number of benzene rings is 2. The van der Waals surface area contributed by atoms with Gasteiger partial charge in [0.1, 0.15) is 5.75 Å². The van der Waals surface area contributed by atoms with Gasteiger partial charge in [0.15, 0.2) is 0 Å². The first-order chi connectivity index (χ1) is 10.2. The maximum absolute atomic E-state index is 12.1. The van der Waals surface area contributed by atoms with Crippen LogP contribution in [0.25, 0.3) is 0 Å². The predicted molar refractivity (Wildman–Crippen MR) is 87.9 cm³/mol. The Morgan fingerprint density at radius 1 is 0.913 bits per heavy atom. The second-order valence-electron chi connectivity index (χ2n) is 4.35. The average molecular weight is 407 g/mol. The summed E-state index contributed by atoms with van der Waals surface area (Å²) in [5.74, 6) is -0.341. The molecule has 0 spiro atoms. The maximum Gasteiger partial charge on any atom is 0.573 e. The van der Waals surface area contributed by atoms with E-state index in [-0.39, 0.29) is 28.2 Å². The highest BCUT2D eigenvalue weighted by Gasteiger charge is 2.31. The van der Waals surface area contributed by atoms with E-state index < -0.39 is 12.4 Å². The van der Waals surface area contributed by atoms with E-state index in [0.29, 0.717) is 16.1 Å². The van der Waals surface area contributed by atoms with Gasteiger partial charge in [0.25, 0.3) is 0 Å². The smallest absolute Gasteiger partial charge is 0.406 e. The summed E-state index contributed by atoms with van der Waals surface area (Å²) in [7, 11) is 0. The van der Waals surface area contributed by atoms with Gasteiger partial charge < -0.3 is 10.5 Å². The lowest BCUT2D eigenvalue weighted by atomic mass is 9.99. The minimum absolute atomic E-state index is 0. The Bertz CT molecular complexity index is 677. The van der Waals surface area contributed by atoms with E-state index in [0.717, 1.165) is 12.1 Å². The molecule has 0 heterocycles. The molecule has 0 saturated carbocycles. The molecule has 0 fully saturated rings. The van der Waals surface area contributed by atoms with Crippen LogP contribution in [-0.2, 0) is 0 Å². The van der Waals surface area contributed by atoms with Crippen molar-refractivity contribution in [2.24, 2.45) is 5.73 Å². The van der Waals surface area contributed by atoms with Crippen molar-refractivity contribution < 1.29 is 17.9 Å². The van der Waals surface area contributed by atoms with Crippen LogP contribution in [0.4, 0.5) is 13.2 Å². The van der Waals surface area contributed by atoms with Crippen LogP contribution in [0.1, 0.15) is 17.2 Å². The quantitative estimate of drug-likeness (QED) is 0.633. The molecule has 0 bridgehead atoms. The number of hydrogen-bond acceptors (Lipinski definition) is 2. The zero-order chi connectivity index (χ0) is 16.5. The maximum atomic E-state index is 12.1. The van der Waals surface area contributed by atoms with Crippen LogP contribution in [0.2, 0.25) is 15.1 Å². The molecule has 1 atom stereocenters. The Labute approximate surface area is 151 Å². The van der Waals surface area contributed by atoms with Crippen LogP contribution in [0.3, 0.4) is 0 Å². The van der Waals surface area contributed by atoms with Gasteiger partial charge in [0, 0.05) is 10.6 Å². The number of halogens is 7. The molecule has 23 heavy (non-hydrogen) atoms. The lowest BCUT2D eigenvalue weighted by Crippen LogP contribution is -2.17. The molecule has 0 aliphatic heterocycles. The van der Waals surface area contributed by atoms with E-state index in [9.17, 15) is 13.2 Å². The fourth-order valence-electron chi connectivity index (χ4n) is 1.87. The number of alkyl halides is 3. The first kappa shape index (κ1) is 20.2. The number of nitrogens with two attached hydrogens (primary N) is 1. The zero-order valence-corrected chi connectivity index (χ0v) is 14.3. The van der Waals surface area contributed by atoms with Crippen molar-refractivity contribution in [2.45, 2.75) is 12.4 Å². The normalized spacial score (nSPS) is 12.5. The Morgan fingerprint density at radius 2 is 1.43 bits per heavy atom. The Kier molecular flexibility index (Phi) is 6.86. The molecule has 2 aromatic carbocycles. The molecule has 2 N–H and O–H groups in total. The van der Waals surface area contributed by atoms with Crippen LogP contribution >= 0.6 is 47.2 Å². The van der Waals surface area contributed by atoms with Gasteiger partial charge in [-0.1, -0.05) is 46.9 Å². The van der Waals surface area contributed by atoms with E-state index in [1.807, 2.05) is 0 Å². The topological polar surface area (TPSA) is 35.2 Å². The first-order valence-electron chi connectivity index (χ1n) is 5.93. The van der Waals surface area contributed by atoms with Crippen LogP contribution in [0.5, 0.6) is 5.75 Å². The molecule has 0 unspecified atom stereocenters. The first-order valence-corrected chi connectivity index (χ1v) is 7.07. The van der Waals surface area contributed by atoms with Gasteiger partial charge in [-0.3, -0.25) is 0 Å². The molecule has 0 aliphatic carbocycles. The number of rotatable bonds is 3. The minimum Gasteiger partial charge on any atom is -0.406 e. The van der Waals surface area contributed by atoms with Crippen LogP contribution in [0.15, 0.2) is 36.4 Å². The summed E-state index contributed by atoms with van der Waals surface area (Å²) < 4.78 is 40.2. The van der Waals surface area contributed by atoms with Gasteiger partial charge in [0.2, 0.25) is 0 Å². The third-order valence-corrected chi connectivity index (χ3v) is 4.01. The van der Waals surface area contributed by atoms with E-state index in [2.05, 4.69) is 4.74 Å². The predicted octanol–water partition coefficient (Wildman–Crippen LogP) is 6.02. The molecule has 126 valence electrons. The SMILES string of the molecule is Cl.N[C@H](c1ccc(OC(F)(F)F)cc1)c1c(Cl)ccc(Cl)c1Cl. The molecule has 9 heteroatoms. The molecule has 0 radical (unpaired) electrons.